The van der Waals surface area contributed by atoms with Crippen LogP contribution in [0.25, 0.3) is 6.08 Å². The van der Waals surface area contributed by atoms with Gasteiger partial charge in [-0.05, 0) is 30.7 Å². The number of aromatic nitrogens is 2. The zero-order valence-corrected chi connectivity index (χ0v) is 17.0. The average Bonchev–Trinajstić information content (AvgIpc) is 3.04. The molecular formula is C23H21N5O2. The van der Waals surface area contributed by atoms with Gasteiger partial charge in [-0.25, -0.2) is 14.9 Å². The number of amides is 1. The van der Waals surface area contributed by atoms with Gasteiger partial charge in [-0.2, -0.15) is 0 Å². The van der Waals surface area contributed by atoms with Crippen LogP contribution in [-0.2, 0) is 4.79 Å². The molecule has 1 N–H and O–H groups in total. The first kappa shape index (κ1) is 19.3. The molecule has 1 aliphatic rings. The maximum atomic E-state index is 13.3. The van der Waals surface area contributed by atoms with Crippen LogP contribution in [0, 0.1) is 6.92 Å². The van der Waals surface area contributed by atoms with Crippen molar-refractivity contribution < 1.29 is 4.79 Å². The second-order valence-corrected chi connectivity index (χ2v) is 7.17. The van der Waals surface area contributed by atoms with Gasteiger partial charge in [-0.1, -0.05) is 42.5 Å². The lowest BCUT2D eigenvalue weighted by atomic mass is 10.1. The summed E-state index contributed by atoms with van der Waals surface area (Å²) in [5.74, 6) is 0.226. The molecule has 150 valence electrons. The predicted molar refractivity (Wildman–Crippen MR) is 119 cm³/mol. The van der Waals surface area contributed by atoms with Crippen molar-refractivity contribution in [1.82, 2.24) is 9.97 Å². The summed E-state index contributed by atoms with van der Waals surface area (Å²) in [6, 6.07) is 18.6. The third-order valence-corrected chi connectivity index (χ3v) is 4.67. The molecule has 0 saturated heterocycles. The number of aryl methyl sites for hydroxylation is 1. The van der Waals surface area contributed by atoms with Crippen molar-refractivity contribution in [3.8, 4) is 0 Å². The Bertz CT molecular complexity index is 1210. The number of anilines is 2. The Morgan fingerprint density at radius 1 is 1.00 bits per heavy atom. The minimum atomic E-state index is -0.348. The Hall–Kier alpha value is -4.00. The molecule has 2 heterocycles. The largest absolute Gasteiger partial charge is 0.378 e. The number of carbonyl (C=O) groups excluding carboxylic acids is 1. The molecule has 0 bridgehead atoms. The van der Waals surface area contributed by atoms with Gasteiger partial charge in [0.25, 0.3) is 11.5 Å². The topological polar surface area (TPSA) is 81.7 Å². The molecule has 1 aromatic heterocycles. The van der Waals surface area contributed by atoms with Crippen LogP contribution in [0.5, 0.6) is 0 Å². The molecule has 30 heavy (non-hydrogen) atoms. The quantitative estimate of drug-likeness (QED) is 0.684. The van der Waals surface area contributed by atoms with Crippen LogP contribution in [-0.4, -0.2) is 35.8 Å². The van der Waals surface area contributed by atoms with E-state index in [9.17, 15) is 9.59 Å². The Balaban J connectivity index is 1.80. The van der Waals surface area contributed by atoms with Gasteiger partial charge in [0.1, 0.15) is 5.70 Å². The second-order valence-electron chi connectivity index (χ2n) is 7.17. The van der Waals surface area contributed by atoms with Crippen LogP contribution < -0.4 is 15.4 Å². The smallest absolute Gasteiger partial charge is 0.285 e. The number of amidine groups is 1. The number of nitrogens with one attached hydrogen (secondary N) is 1. The van der Waals surface area contributed by atoms with Gasteiger partial charge in [0.15, 0.2) is 5.84 Å². The molecular weight excluding hydrogens is 378 g/mol. The summed E-state index contributed by atoms with van der Waals surface area (Å²) in [5, 5.41) is 0. The Morgan fingerprint density at radius 3 is 2.33 bits per heavy atom. The van der Waals surface area contributed by atoms with Crippen molar-refractivity contribution >= 4 is 29.5 Å². The number of nitrogens with zero attached hydrogens (tertiary/aromatic N) is 4. The number of benzene rings is 2. The van der Waals surface area contributed by atoms with Gasteiger partial charge >= 0.3 is 0 Å². The van der Waals surface area contributed by atoms with E-state index in [0.29, 0.717) is 11.5 Å². The van der Waals surface area contributed by atoms with Crippen LogP contribution in [0.15, 0.2) is 76.1 Å². The highest BCUT2D eigenvalue weighted by Gasteiger charge is 2.34. The van der Waals surface area contributed by atoms with E-state index in [2.05, 4.69) is 15.0 Å². The van der Waals surface area contributed by atoms with Crippen LogP contribution >= 0.6 is 0 Å². The molecule has 2 aromatic carbocycles. The number of hydrogen-bond acceptors (Lipinski definition) is 5. The predicted octanol–water partition coefficient (Wildman–Crippen LogP) is 2.98. The monoisotopic (exact) mass is 399 g/mol. The highest BCUT2D eigenvalue weighted by atomic mass is 16.2. The van der Waals surface area contributed by atoms with Crippen LogP contribution in [0.1, 0.15) is 16.8 Å². The zero-order chi connectivity index (χ0) is 21.3. The van der Waals surface area contributed by atoms with E-state index in [-0.39, 0.29) is 23.1 Å². The van der Waals surface area contributed by atoms with Crippen LogP contribution in [0.3, 0.4) is 0 Å². The lowest BCUT2D eigenvalue weighted by Gasteiger charge is -2.17. The first-order valence-corrected chi connectivity index (χ1v) is 9.48. The standard InChI is InChI=1S/C23H21N5O2/c1-15-13-20(29)26-23(24-15)28-21(17-7-5-4-6-8-17)25-19(22(28)30)14-16-9-11-18(12-10-16)27(2)3/h4-14H,1-3H3,(H,24,26,29)/b19-14+. The molecule has 3 aromatic rings. The second kappa shape index (κ2) is 7.79. The van der Waals surface area contributed by atoms with E-state index in [1.54, 1.807) is 13.0 Å². The normalized spacial score (nSPS) is 14.9. The van der Waals surface area contributed by atoms with E-state index in [1.165, 1.54) is 11.0 Å². The fraction of sp³-hybridized carbons (Fsp3) is 0.130. The van der Waals surface area contributed by atoms with Crippen molar-refractivity contribution in [1.29, 1.82) is 0 Å². The van der Waals surface area contributed by atoms with Gasteiger partial charge in [-0.15, -0.1) is 0 Å². The lowest BCUT2D eigenvalue weighted by Crippen LogP contribution is -2.35. The van der Waals surface area contributed by atoms with Crippen molar-refractivity contribution in [2.45, 2.75) is 6.92 Å². The summed E-state index contributed by atoms with van der Waals surface area (Å²) in [5.41, 5.74) is 3.14. The molecule has 7 heteroatoms. The van der Waals surface area contributed by atoms with Crippen molar-refractivity contribution in [3.05, 3.63) is 93.5 Å². The van der Waals surface area contributed by atoms with Crippen molar-refractivity contribution in [2.75, 3.05) is 23.9 Å². The first-order chi connectivity index (χ1) is 14.4. The fourth-order valence-corrected chi connectivity index (χ4v) is 3.19. The third kappa shape index (κ3) is 3.77. The number of rotatable bonds is 4. The van der Waals surface area contributed by atoms with E-state index >= 15 is 0 Å². The first-order valence-electron chi connectivity index (χ1n) is 9.48. The van der Waals surface area contributed by atoms with Crippen LogP contribution in [0.4, 0.5) is 11.6 Å². The lowest BCUT2D eigenvalue weighted by molar-refractivity contribution is -0.113. The van der Waals surface area contributed by atoms with Gasteiger partial charge in [0, 0.05) is 37.1 Å². The zero-order valence-electron chi connectivity index (χ0n) is 17.0. The number of H-pyrrole nitrogens is 1. The summed E-state index contributed by atoms with van der Waals surface area (Å²) in [6.45, 7) is 1.71. The average molecular weight is 399 g/mol. The van der Waals surface area contributed by atoms with Gasteiger partial charge < -0.3 is 4.90 Å². The van der Waals surface area contributed by atoms with Gasteiger partial charge in [0.05, 0.1) is 0 Å². The molecule has 0 atom stereocenters. The minimum absolute atomic E-state index is 0.152. The number of hydrogen-bond donors (Lipinski definition) is 1. The highest BCUT2D eigenvalue weighted by molar-refractivity contribution is 6.32. The number of aromatic amines is 1. The third-order valence-electron chi connectivity index (χ3n) is 4.67. The molecule has 0 unspecified atom stereocenters. The fourth-order valence-electron chi connectivity index (χ4n) is 3.19. The Labute approximate surface area is 174 Å². The van der Waals surface area contributed by atoms with E-state index in [1.807, 2.05) is 73.6 Å². The van der Waals surface area contributed by atoms with Gasteiger partial charge in [-0.3, -0.25) is 14.6 Å². The molecule has 1 amide bonds. The Kier molecular flexibility index (Phi) is 5.02. The van der Waals surface area contributed by atoms with Crippen molar-refractivity contribution in [2.24, 2.45) is 4.99 Å². The van der Waals surface area contributed by atoms with E-state index in [0.717, 1.165) is 16.8 Å². The molecule has 7 nitrogen and oxygen atoms in total. The molecule has 4 rings (SSSR count). The molecule has 0 fully saturated rings. The maximum Gasteiger partial charge on any atom is 0.285 e. The molecule has 0 radical (unpaired) electrons. The van der Waals surface area contributed by atoms with E-state index in [4.69, 9.17) is 0 Å². The molecule has 0 spiro atoms. The summed E-state index contributed by atoms with van der Waals surface area (Å²) in [4.78, 5) is 40.2. The highest BCUT2D eigenvalue weighted by Crippen LogP contribution is 2.25. The molecule has 0 aliphatic carbocycles. The summed E-state index contributed by atoms with van der Waals surface area (Å²) >= 11 is 0. The Morgan fingerprint density at radius 2 is 1.70 bits per heavy atom. The molecule has 1 aliphatic heterocycles. The number of carbonyl (C=O) groups is 1. The summed E-state index contributed by atoms with van der Waals surface area (Å²) in [6.07, 6.45) is 1.73. The van der Waals surface area contributed by atoms with Crippen molar-refractivity contribution in [3.63, 3.8) is 0 Å². The van der Waals surface area contributed by atoms with Crippen LogP contribution in [0.2, 0.25) is 0 Å². The summed E-state index contributed by atoms with van der Waals surface area (Å²) < 4.78 is 0. The SMILES string of the molecule is Cc1cc(=O)[nH]c(N2C(=O)/C(=C\c3ccc(N(C)C)cc3)N=C2c2ccccc2)n1. The summed E-state index contributed by atoms with van der Waals surface area (Å²) in [7, 11) is 3.94. The maximum absolute atomic E-state index is 13.3. The molecule has 0 saturated carbocycles. The van der Waals surface area contributed by atoms with E-state index < -0.39 is 0 Å². The number of aliphatic imine (C=N–C) groups is 1. The van der Waals surface area contributed by atoms with Gasteiger partial charge in [0.2, 0.25) is 5.95 Å². The minimum Gasteiger partial charge on any atom is -0.378 e.